The molecule has 2 rings (SSSR count). The summed E-state index contributed by atoms with van der Waals surface area (Å²) in [5.74, 6) is -0.567. The van der Waals surface area contributed by atoms with Gasteiger partial charge in [0.1, 0.15) is 5.69 Å². The predicted octanol–water partition coefficient (Wildman–Crippen LogP) is 3.93. The number of carbonyl (C=O) groups is 2. The zero-order chi connectivity index (χ0) is 17.7. The molecule has 1 aromatic heterocycles. The Hall–Kier alpha value is -2.21. The number of hydrogen-bond donors (Lipinski definition) is 2. The van der Waals surface area contributed by atoms with E-state index in [1.54, 1.807) is 6.07 Å². The number of aromatic nitrogens is 1. The van der Waals surface area contributed by atoms with Crippen molar-refractivity contribution < 1.29 is 9.59 Å². The number of anilines is 1. The van der Waals surface area contributed by atoms with Crippen LogP contribution in [0, 0.1) is 6.92 Å². The molecule has 1 unspecified atom stereocenters. The number of nitrogens with zero attached hydrogens (tertiary/aromatic N) is 1. The summed E-state index contributed by atoms with van der Waals surface area (Å²) in [5, 5.41) is 5.65. The zero-order valence-corrected chi connectivity index (χ0v) is 15.5. The second-order valence-corrected chi connectivity index (χ2v) is 6.48. The van der Waals surface area contributed by atoms with Crippen LogP contribution in [-0.2, 0) is 0 Å². The molecule has 0 fully saturated rings. The lowest BCUT2D eigenvalue weighted by molar-refractivity contribution is 0.0934. The van der Waals surface area contributed by atoms with E-state index in [1.165, 1.54) is 12.3 Å². The van der Waals surface area contributed by atoms with Gasteiger partial charge in [-0.2, -0.15) is 0 Å². The largest absolute Gasteiger partial charge is 0.348 e. The molecule has 2 amide bonds. The first-order valence-corrected chi connectivity index (χ1v) is 8.54. The number of aryl methyl sites for hydroxylation is 1. The van der Waals surface area contributed by atoms with Crippen LogP contribution < -0.4 is 10.6 Å². The van der Waals surface area contributed by atoms with E-state index in [4.69, 9.17) is 0 Å². The Labute approximate surface area is 150 Å². The molecule has 6 heteroatoms. The molecule has 1 heterocycles. The maximum absolute atomic E-state index is 12.4. The molecule has 5 nitrogen and oxygen atoms in total. The second-order valence-electron chi connectivity index (χ2n) is 5.63. The fraction of sp³-hybridized carbons (Fsp3) is 0.278. The fourth-order valence-electron chi connectivity index (χ4n) is 1.97. The Balaban J connectivity index is 2.13. The molecule has 0 radical (unpaired) electrons. The maximum Gasteiger partial charge on any atom is 0.270 e. The fourth-order valence-corrected chi connectivity index (χ4v) is 2.35. The van der Waals surface area contributed by atoms with Crippen LogP contribution in [0.15, 0.2) is 41.0 Å². The van der Waals surface area contributed by atoms with Crippen molar-refractivity contribution in [1.29, 1.82) is 0 Å². The van der Waals surface area contributed by atoms with Gasteiger partial charge >= 0.3 is 0 Å². The van der Waals surface area contributed by atoms with Gasteiger partial charge in [0, 0.05) is 28.0 Å². The molecule has 0 saturated heterocycles. The normalized spacial score (nSPS) is 11.7. The number of nitrogens with one attached hydrogen (secondary N) is 2. The van der Waals surface area contributed by atoms with Gasteiger partial charge in [0.2, 0.25) is 0 Å². The number of benzene rings is 1. The minimum Gasteiger partial charge on any atom is -0.348 e. The molecule has 1 aromatic carbocycles. The highest BCUT2D eigenvalue weighted by Crippen LogP contribution is 2.21. The summed E-state index contributed by atoms with van der Waals surface area (Å²) in [7, 11) is 0. The Kier molecular flexibility index (Phi) is 6.09. The van der Waals surface area contributed by atoms with Crippen LogP contribution in [0.25, 0.3) is 0 Å². The highest BCUT2D eigenvalue weighted by molar-refractivity contribution is 9.10. The SMILES string of the molecule is CCC(C)NC(=O)c1cc(C(=O)Nc2ccc(C)c(Br)c2)ccn1. The second kappa shape index (κ2) is 8.06. The van der Waals surface area contributed by atoms with E-state index in [-0.39, 0.29) is 23.6 Å². The van der Waals surface area contributed by atoms with Crippen LogP contribution in [0.3, 0.4) is 0 Å². The number of hydrogen-bond acceptors (Lipinski definition) is 3. The van der Waals surface area contributed by atoms with Gasteiger partial charge in [0.05, 0.1) is 0 Å². The van der Waals surface area contributed by atoms with Crippen molar-refractivity contribution in [3.63, 3.8) is 0 Å². The highest BCUT2D eigenvalue weighted by Gasteiger charge is 2.13. The van der Waals surface area contributed by atoms with Crippen molar-refractivity contribution in [2.45, 2.75) is 33.2 Å². The van der Waals surface area contributed by atoms with Crippen LogP contribution in [0.4, 0.5) is 5.69 Å². The quantitative estimate of drug-likeness (QED) is 0.813. The third-order valence-electron chi connectivity index (χ3n) is 3.67. The summed E-state index contributed by atoms with van der Waals surface area (Å²) < 4.78 is 0.920. The van der Waals surface area contributed by atoms with E-state index < -0.39 is 0 Å². The zero-order valence-electron chi connectivity index (χ0n) is 13.9. The van der Waals surface area contributed by atoms with Crippen molar-refractivity contribution in [1.82, 2.24) is 10.3 Å². The van der Waals surface area contributed by atoms with Gasteiger partial charge < -0.3 is 10.6 Å². The molecule has 0 aliphatic rings. The van der Waals surface area contributed by atoms with Gasteiger partial charge in [0.25, 0.3) is 11.8 Å². The van der Waals surface area contributed by atoms with Crippen molar-refractivity contribution in [3.8, 4) is 0 Å². The Morgan fingerprint density at radius 2 is 1.96 bits per heavy atom. The molecule has 0 spiro atoms. The summed E-state index contributed by atoms with van der Waals surface area (Å²) in [4.78, 5) is 28.5. The summed E-state index contributed by atoms with van der Waals surface area (Å²) in [6.45, 7) is 5.88. The Bertz CT molecular complexity index is 762. The first-order valence-electron chi connectivity index (χ1n) is 7.75. The van der Waals surface area contributed by atoms with Gasteiger partial charge in [0.15, 0.2) is 0 Å². The smallest absolute Gasteiger partial charge is 0.270 e. The number of pyridine rings is 1. The van der Waals surface area contributed by atoms with E-state index in [0.717, 1.165) is 16.5 Å². The van der Waals surface area contributed by atoms with E-state index >= 15 is 0 Å². The van der Waals surface area contributed by atoms with Crippen LogP contribution >= 0.6 is 15.9 Å². The summed E-state index contributed by atoms with van der Waals surface area (Å²) >= 11 is 3.44. The molecule has 24 heavy (non-hydrogen) atoms. The predicted molar refractivity (Wildman–Crippen MR) is 98.3 cm³/mol. The molecule has 0 aliphatic heterocycles. The highest BCUT2D eigenvalue weighted by atomic mass is 79.9. The molecule has 0 bridgehead atoms. The number of halogens is 1. The van der Waals surface area contributed by atoms with Crippen LogP contribution in [0.5, 0.6) is 0 Å². The van der Waals surface area contributed by atoms with Crippen LogP contribution in [0.2, 0.25) is 0 Å². The third-order valence-corrected chi connectivity index (χ3v) is 4.53. The van der Waals surface area contributed by atoms with E-state index in [9.17, 15) is 9.59 Å². The summed E-state index contributed by atoms with van der Waals surface area (Å²) in [6.07, 6.45) is 2.29. The molecule has 2 aromatic rings. The lowest BCUT2D eigenvalue weighted by Crippen LogP contribution is -2.32. The topological polar surface area (TPSA) is 71.1 Å². The third kappa shape index (κ3) is 4.64. The van der Waals surface area contributed by atoms with Gasteiger partial charge in [-0.15, -0.1) is 0 Å². The van der Waals surface area contributed by atoms with Gasteiger partial charge in [-0.3, -0.25) is 14.6 Å². The van der Waals surface area contributed by atoms with Gasteiger partial charge in [-0.1, -0.05) is 28.9 Å². The van der Waals surface area contributed by atoms with Gasteiger partial charge in [-0.05, 0) is 50.1 Å². The molecular formula is C18H20BrN3O2. The molecular weight excluding hydrogens is 370 g/mol. The number of carbonyl (C=O) groups excluding carboxylic acids is 2. The lowest BCUT2D eigenvalue weighted by atomic mass is 10.1. The maximum atomic E-state index is 12.4. The molecule has 0 aliphatic carbocycles. The standard InChI is InChI=1S/C18H20BrN3O2/c1-4-12(3)21-18(24)16-9-13(7-8-20-16)17(23)22-14-6-5-11(2)15(19)10-14/h5-10,12H,4H2,1-3H3,(H,21,24)(H,22,23). The number of rotatable bonds is 5. The molecule has 2 N–H and O–H groups in total. The van der Waals surface area contributed by atoms with Crippen LogP contribution in [0.1, 0.15) is 46.7 Å². The Morgan fingerprint density at radius 1 is 1.21 bits per heavy atom. The van der Waals surface area contributed by atoms with Gasteiger partial charge in [-0.25, -0.2) is 0 Å². The molecule has 1 atom stereocenters. The van der Waals surface area contributed by atoms with E-state index in [1.807, 2.05) is 39.0 Å². The summed E-state index contributed by atoms with van der Waals surface area (Å²) in [5.41, 5.74) is 2.38. The van der Waals surface area contributed by atoms with Crippen molar-refractivity contribution in [2.24, 2.45) is 0 Å². The average Bonchev–Trinajstić information content (AvgIpc) is 2.58. The van der Waals surface area contributed by atoms with Crippen molar-refractivity contribution in [3.05, 3.63) is 57.8 Å². The molecule has 0 saturated carbocycles. The van der Waals surface area contributed by atoms with E-state index in [0.29, 0.717) is 11.3 Å². The van der Waals surface area contributed by atoms with Crippen molar-refractivity contribution >= 4 is 33.4 Å². The minimum absolute atomic E-state index is 0.0571. The van der Waals surface area contributed by atoms with E-state index in [2.05, 4.69) is 31.5 Å². The molecule has 126 valence electrons. The first-order chi connectivity index (χ1) is 11.4. The average molecular weight is 390 g/mol. The van der Waals surface area contributed by atoms with Crippen molar-refractivity contribution in [2.75, 3.05) is 5.32 Å². The minimum atomic E-state index is -0.286. The Morgan fingerprint density at radius 3 is 2.62 bits per heavy atom. The monoisotopic (exact) mass is 389 g/mol. The lowest BCUT2D eigenvalue weighted by Gasteiger charge is -2.11. The van der Waals surface area contributed by atoms with Crippen LogP contribution in [-0.4, -0.2) is 22.8 Å². The number of amides is 2. The summed E-state index contributed by atoms with van der Waals surface area (Å²) in [6, 6.07) is 8.72. The first kappa shape index (κ1) is 18.1.